The Morgan fingerprint density at radius 1 is 0.222 bits per heavy atom. The van der Waals surface area contributed by atoms with Crippen LogP contribution in [0.2, 0.25) is 0 Å². The number of ether oxygens (including phenoxy) is 6. The predicted molar refractivity (Wildman–Crippen MR) is 350 cm³/mol. The van der Waals surface area contributed by atoms with Crippen LogP contribution in [0, 0.1) is 0 Å². The Morgan fingerprint density at radius 3 is 0.811 bits per heavy atom. The van der Waals surface area contributed by atoms with E-state index in [2.05, 4.69) is 66.3 Å². The standard InChI is InChI=1S/C14H15NO.C13H13NO.C12H11NO3.C12H11NO.C11H9NO3.C10H7NO3/c16-14-7-6-12-8-10-4-2-1-3-5-11(10)9-13(12)15-14;15-13-6-5-11-7-9-3-1-2-4-10(9)8-12(11)14-13;14-12-3-2-8-6-10-11(7-9(8)13-12)16-5-1-4-15-10;14-12-5-4-10-6-8-2-1-3-9(8)7-11(10)13-12;13-11-2-1-7-5-9-10(6-8(7)12-11)15-4-3-14-9;12-10-2-1-6-3-8-9(14-5-13-8)4-7(6)11-10/h6-9H,1-5H2,(H,15,16);5-8H,1-4H2,(H,14,15);2-3,6-7H,1,4-5H2,(H,13,14);4-7H,1-3H2,(H,13,14);1-2,5-6H,3-4H2,(H,12,13);1-4H,5H2,(H,11,12). The van der Waals surface area contributed by atoms with E-state index < -0.39 is 0 Å². The van der Waals surface area contributed by atoms with E-state index in [1.54, 1.807) is 48.5 Å². The molecule has 90 heavy (non-hydrogen) atoms. The second-order valence-electron chi connectivity index (χ2n) is 23.0. The van der Waals surface area contributed by atoms with Gasteiger partial charge < -0.3 is 58.3 Å². The molecular weight excluding hydrogens is 1140 g/mol. The minimum atomic E-state index is -0.114. The van der Waals surface area contributed by atoms with Gasteiger partial charge in [-0.15, -0.1) is 0 Å². The Balaban J connectivity index is 0.0000000991. The molecule has 0 amide bonds. The highest BCUT2D eigenvalue weighted by Gasteiger charge is 2.17. The van der Waals surface area contributed by atoms with Gasteiger partial charge in [0.1, 0.15) is 13.2 Å². The Hall–Kier alpha value is -10.6. The topological polar surface area (TPSA) is 253 Å². The molecule has 456 valence electrons. The number of aryl methyl sites for hydroxylation is 6. The summed E-state index contributed by atoms with van der Waals surface area (Å²) in [4.78, 5) is 83.9. The average Bonchev–Trinajstić information content (AvgIpc) is 2.17. The van der Waals surface area contributed by atoms with Crippen molar-refractivity contribution < 1.29 is 28.4 Å². The molecule has 3 aliphatic carbocycles. The molecule has 6 N–H and O–H groups in total. The van der Waals surface area contributed by atoms with Gasteiger partial charge in [0.15, 0.2) is 34.5 Å². The molecule has 18 rings (SSSR count). The van der Waals surface area contributed by atoms with Crippen molar-refractivity contribution in [3.63, 3.8) is 0 Å². The predicted octanol–water partition coefficient (Wildman–Crippen LogP) is 11.5. The molecule has 0 unspecified atom stereocenters. The number of aromatic amines is 6. The van der Waals surface area contributed by atoms with Crippen LogP contribution < -0.4 is 61.8 Å². The third-order valence-corrected chi connectivity index (χ3v) is 16.8. The minimum absolute atomic E-state index is 0.0129. The van der Waals surface area contributed by atoms with Crippen molar-refractivity contribution in [2.45, 2.75) is 83.5 Å². The Bertz CT molecular complexity index is 4740. The van der Waals surface area contributed by atoms with Gasteiger partial charge in [-0.2, -0.15) is 0 Å². The molecule has 0 radical (unpaired) electrons. The van der Waals surface area contributed by atoms with Crippen LogP contribution in [-0.4, -0.2) is 63.1 Å². The number of aromatic nitrogens is 6. The zero-order valence-corrected chi connectivity index (χ0v) is 49.5. The van der Waals surface area contributed by atoms with Crippen LogP contribution in [0.15, 0.2) is 174 Å². The number of rotatable bonds is 0. The zero-order valence-electron chi connectivity index (χ0n) is 49.5. The van der Waals surface area contributed by atoms with Crippen LogP contribution in [0.4, 0.5) is 0 Å². The summed E-state index contributed by atoms with van der Waals surface area (Å²) in [5.41, 5.74) is 13.5. The lowest BCUT2D eigenvalue weighted by Gasteiger charge is -2.18. The number of hydrogen-bond donors (Lipinski definition) is 6. The highest BCUT2D eigenvalue weighted by Crippen LogP contribution is 2.37. The van der Waals surface area contributed by atoms with Crippen molar-refractivity contribution in [1.82, 2.24) is 29.9 Å². The van der Waals surface area contributed by atoms with Crippen molar-refractivity contribution in [2.24, 2.45) is 0 Å². The summed E-state index contributed by atoms with van der Waals surface area (Å²) in [5, 5.41) is 6.28. The highest BCUT2D eigenvalue weighted by molar-refractivity contribution is 5.85. The quantitative estimate of drug-likeness (QED) is 0.0776. The zero-order chi connectivity index (χ0) is 61.5. The fourth-order valence-corrected chi connectivity index (χ4v) is 12.2. The Morgan fingerprint density at radius 2 is 0.467 bits per heavy atom. The first-order valence-corrected chi connectivity index (χ1v) is 30.7. The van der Waals surface area contributed by atoms with Crippen molar-refractivity contribution >= 4 is 65.4 Å². The van der Waals surface area contributed by atoms with E-state index in [0.29, 0.717) is 43.7 Å². The van der Waals surface area contributed by atoms with Gasteiger partial charge in [0.05, 0.1) is 29.8 Å². The molecule has 6 aromatic carbocycles. The van der Waals surface area contributed by atoms with E-state index in [4.69, 9.17) is 28.4 Å². The van der Waals surface area contributed by atoms with Gasteiger partial charge in [-0.05, 0) is 211 Å². The smallest absolute Gasteiger partial charge is 0.248 e. The summed E-state index contributed by atoms with van der Waals surface area (Å²) in [6.07, 6.45) is 15.6. The molecule has 18 nitrogen and oxygen atoms in total. The molecule has 18 heteroatoms. The molecule has 12 aromatic rings. The fraction of sp³-hybridized carbons (Fsp3) is 0.250. The maximum absolute atomic E-state index is 11.3. The van der Waals surface area contributed by atoms with E-state index in [9.17, 15) is 28.8 Å². The van der Waals surface area contributed by atoms with E-state index >= 15 is 0 Å². The molecule has 0 bridgehead atoms. The SMILES string of the molecule is O=c1ccc2cc3c(cc2[nH]1)CCC3.O=c1ccc2cc3c(cc2[nH]1)CCCC3.O=c1ccc2cc3c(cc2[nH]1)CCCCC3.O=c1ccc2cc3c(cc2[nH]1)OCCCO3.O=c1ccc2cc3c(cc2[nH]1)OCCO3.O=c1ccc2cc3c(cc2[nH]1)OCO3. The number of hydrogen-bond acceptors (Lipinski definition) is 12. The Labute approximate surface area is 513 Å². The van der Waals surface area contributed by atoms with Crippen LogP contribution in [0.25, 0.3) is 65.4 Å². The first-order chi connectivity index (χ1) is 44.0. The lowest BCUT2D eigenvalue weighted by Crippen LogP contribution is -2.15. The number of fused-ring (bicyclic) bond motifs is 12. The van der Waals surface area contributed by atoms with Gasteiger partial charge in [0.2, 0.25) is 40.1 Å². The molecule has 0 atom stereocenters. The summed E-state index contributed by atoms with van der Waals surface area (Å²) in [6.45, 7) is 2.69. The van der Waals surface area contributed by atoms with Gasteiger partial charge in [0, 0.05) is 93.7 Å². The summed E-state index contributed by atoms with van der Waals surface area (Å²) in [7, 11) is 0. The third kappa shape index (κ3) is 13.7. The monoisotopic (exact) mass is 1210 g/mol. The summed E-state index contributed by atoms with van der Waals surface area (Å²) >= 11 is 0. The number of nitrogens with one attached hydrogen (secondary N) is 6. The second-order valence-corrected chi connectivity index (χ2v) is 23.0. The van der Waals surface area contributed by atoms with Crippen LogP contribution in [0.1, 0.15) is 78.3 Å². The van der Waals surface area contributed by atoms with Crippen LogP contribution in [0.5, 0.6) is 34.5 Å². The van der Waals surface area contributed by atoms with Gasteiger partial charge in [-0.1, -0.05) is 6.42 Å². The molecule has 6 aromatic heterocycles. The molecule has 0 saturated carbocycles. The molecule has 0 spiro atoms. The largest absolute Gasteiger partial charge is 0.490 e. The minimum Gasteiger partial charge on any atom is -0.490 e. The van der Waals surface area contributed by atoms with E-state index in [1.165, 1.54) is 109 Å². The van der Waals surface area contributed by atoms with E-state index in [1.807, 2.05) is 42.5 Å². The maximum atomic E-state index is 11.3. The highest BCUT2D eigenvalue weighted by atomic mass is 16.7. The van der Waals surface area contributed by atoms with Crippen LogP contribution in [0.3, 0.4) is 0 Å². The van der Waals surface area contributed by atoms with Crippen molar-refractivity contribution in [1.29, 1.82) is 0 Å². The fourth-order valence-electron chi connectivity index (χ4n) is 12.2. The normalized spacial score (nSPS) is 14.7. The average molecular weight is 1210 g/mol. The lowest BCUT2D eigenvalue weighted by atomic mass is 9.90. The van der Waals surface area contributed by atoms with Crippen molar-refractivity contribution in [3.8, 4) is 34.5 Å². The summed E-state index contributed by atoms with van der Waals surface area (Å²) in [5.74, 6) is 4.28. The van der Waals surface area contributed by atoms with Gasteiger partial charge in [-0.25, -0.2) is 0 Å². The third-order valence-electron chi connectivity index (χ3n) is 16.8. The molecule has 6 aliphatic rings. The van der Waals surface area contributed by atoms with E-state index in [0.717, 1.165) is 108 Å². The maximum Gasteiger partial charge on any atom is 0.248 e. The molecule has 0 fully saturated rings. The number of H-pyrrole nitrogens is 6. The summed E-state index contributed by atoms with van der Waals surface area (Å²) in [6, 6.07) is 44.4. The Kier molecular flexibility index (Phi) is 17.1. The summed E-state index contributed by atoms with van der Waals surface area (Å²) < 4.78 is 32.4. The van der Waals surface area contributed by atoms with Gasteiger partial charge in [0.25, 0.3) is 0 Å². The van der Waals surface area contributed by atoms with Crippen LogP contribution >= 0.6 is 0 Å². The van der Waals surface area contributed by atoms with Gasteiger partial charge in [-0.3, -0.25) is 28.8 Å². The first-order valence-electron chi connectivity index (χ1n) is 30.7. The molecule has 0 saturated heterocycles. The number of pyridine rings is 6. The number of benzene rings is 6. The lowest BCUT2D eigenvalue weighted by molar-refractivity contribution is 0.172. The second kappa shape index (κ2) is 26.4. The van der Waals surface area contributed by atoms with Crippen molar-refractivity contribution in [2.75, 3.05) is 33.2 Å². The van der Waals surface area contributed by atoms with Crippen LogP contribution in [-0.2, 0) is 38.5 Å². The molecule has 9 heterocycles. The first kappa shape index (κ1) is 58.4. The van der Waals surface area contributed by atoms with Crippen molar-refractivity contribution in [3.05, 3.63) is 241 Å². The molecular formula is C72H66N6O12. The molecule has 3 aliphatic heterocycles. The van der Waals surface area contributed by atoms with E-state index in [-0.39, 0.29) is 40.1 Å². The van der Waals surface area contributed by atoms with Gasteiger partial charge >= 0.3 is 0 Å².